The fraction of sp³-hybridized carbons (Fsp3) is 0.276. The molecular formula is C29H28F2N4O3S. The number of halogens is 2. The highest BCUT2D eigenvalue weighted by molar-refractivity contribution is 8.00. The van der Waals surface area contributed by atoms with Gasteiger partial charge in [0.15, 0.2) is 0 Å². The van der Waals surface area contributed by atoms with Gasteiger partial charge in [0, 0.05) is 11.0 Å². The summed E-state index contributed by atoms with van der Waals surface area (Å²) in [6.45, 7) is 5.98. The molecule has 1 atom stereocenters. The van der Waals surface area contributed by atoms with Crippen molar-refractivity contribution >= 4 is 29.4 Å². The molecule has 0 aliphatic carbocycles. The van der Waals surface area contributed by atoms with E-state index in [9.17, 15) is 18.4 Å². The molecule has 0 spiro atoms. The zero-order valence-corrected chi connectivity index (χ0v) is 22.6. The van der Waals surface area contributed by atoms with Gasteiger partial charge in [-0.25, -0.2) is 13.5 Å². The number of carbonyl (C=O) groups excluding carboxylic acids is 2. The Bertz CT molecular complexity index is 1480. The number of hydrogen-bond donors (Lipinski definition) is 1. The molecule has 1 aliphatic rings. The predicted molar refractivity (Wildman–Crippen MR) is 146 cm³/mol. The molecule has 202 valence electrons. The smallest absolute Gasteiger partial charge is 0.240 e. The van der Waals surface area contributed by atoms with Crippen molar-refractivity contribution in [3.63, 3.8) is 0 Å². The van der Waals surface area contributed by atoms with Crippen molar-refractivity contribution in [2.24, 2.45) is 0 Å². The topological polar surface area (TPSA) is 80.4 Å². The van der Waals surface area contributed by atoms with Crippen molar-refractivity contribution in [2.45, 2.75) is 38.0 Å². The minimum atomic E-state index is -0.450. The lowest BCUT2D eigenvalue weighted by Crippen LogP contribution is -2.42. The Balaban J connectivity index is 1.66. The Morgan fingerprint density at radius 2 is 1.74 bits per heavy atom. The second kappa shape index (κ2) is 10.7. The summed E-state index contributed by atoms with van der Waals surface area (Å²) < 4.78 is 34.6. The number of fused-ring (bicyclic) bond motifs is 1. The maximum absolute atomic E-state index is 13.8. The summed E-state index contributed by atoms with van der Waals surface area (Å²) in [5.41, 5.74) is 2.38. The van der Waals surface area contributed by atoms with Gasteiger partial charge in [-0.3, -0.25) is 14.5 Å². The van der Waals surface area contributed by atoms with Gasteiger partial charge in [-0.15, -0.1) is 11.8 Å². The number of nitrogens with zero attached hydrogens (tertiary/aromatic N) is 3. The summed E-state index contributed by atoms with van der Waals surface area (Å²) in [4.78, 5) is 28.1. The van der Waals surface area contributed by atoms with Crippen LogP contribution in [0.3, 0.4) is 0 Å². The van der Waals surface area contributed by atoms with Crippen LogP contribution < -0.4 is 10.2 Å². The molecular weight excluding hydrogens is 522 g/mol. The summed E-state index contributed by atoms with van der Waals surface area (Å²) >= 11 is 1.40. The standard InChI is InChI=1S/C29H28F2N4O3S/c1-29(2,3)27-25-26(18-6-8-19(30)9-7-18)39-17-24(37)34(16-23(36)32-15-22-5-4-14-38-22)28(25)35(33-27)21-12-10-20(31)11-13-21/h4-14,26H,15-17H2,1-3H3,(H,32,36). The molecule has 2 aromatic heterocycles. The van der Waals surface area contributed by atoms with Crippen molar-refractivity contribution in [3.8, 4) is 5.69 Å². The van der Waals surface area contributed by atoms with Crippen LogP contribution in [0.1, 0.15) is 48.6 Å². The van der Waals surface area contributed by atoms with Gasteiger partial charge in [0.25, 0.3) is 0 Å². The Hall–Kier alpha value is -3.92. The molecule has 0 saturated carbocycles. The molecule has 0 saturated heterocycles. The number of hydrogen-bond acceptors (Lipinski definition) is 5. The molecule has 0 radical (unpaired) electrons. The van der Waals surface area contributed by atoms with E-state index in [1.54, 1.807) is 41.1 Å². The van der Waals surface area contributed by atoms with E-state index in [1.807, 2.05) is 20.8 Å². The molecule has 1 N–H and O–H groups in total. The molecule has 10 heteroatoms. The van der Waals surface area contributed by atoms with Gasteiger partial charge in [0.05, 0.1) is 35.2 Å². The molecule has 5 rings (SSSR count). The quantitative estimate of drug-likeness (QED) is 0.342. The maximum Gasteiger partial charge on any atom is 0.240 e. The van der Waals surface area contributed by atoms with E-state index in [2.05, 4.69) is 5.32 Å². The average Bonchev–Trinajstić information content (AvgIpc) is 3.53. The first kappa shape index (κ1) is 26.7. The molecule has 1 aliphatic heterocycles. The van der Waals surface area contributed by atoms with Crippen LogP contribution in [0.4, 0.5) is 14.6 Å². The number of nitrogens with one attached hydrogen (secondary N) is 1. The number of rotatable bonds is 6. The summed E-state index contributed by atoms with van der Waals surface area (Å²) in [6.07, 6.45) is 1.52. The van der Waals surface area contributed by atoms with Gasteiger partial charge in [0.2, 0.25) is 11.8 Å². The predicted octanol–water partition coefficient (Wildman–Crippen LogP) is 5.53. The third-order valence-electron chi connectivity index (χ3n) is 6.39. The van der Waals surface area contributed by atoms with Crippen LogP contribution in [0, 0.1) is 11.6 Å². The van der Waals surface area contributed by atoms with Crippen molar-refractivity contribution in [3.05, 3.63) is 101 Å². The van der Waals surface area contributed by atoms with Crippen molar-refractivity contribution in [2.75, 3.05) is 17.2 Å². The largest absolute Gasteiger partial charge is 0.467 e. The number of thioether (sulfide) groups is 1. The Labute approximate surface area is 229 Å². The van der Waals surface area contributed by atoms with Crippen LogP contribution in [0.15, 0.2) is 71.3 Å². The van der Waals surface area contributed by atoms with Crippen LogP contribution in [0.5, 0.6) is 0 Å². The first-order valence-corrected chi connectivity index (χ1v) is 13.5. The third-order valence-corrected chi connectivity index (χ3v) is 7.64. The molecule has 7 nitrogen and oxygen atoms in total. The van der Waals surface area contributed by atoms with E-state index in [0.717, 1.165) is 16.8 Å². The lowest BCUT2D eigenvalue weighted by atomic mass is 9.87. The van der Waals surface area contributed by atoms with Crippen molar-refractivity contribution in [1.29, 1.82) is 0 Å². The van der Waals surface area contributed by atoms with E-state index >= 15 is 0 Å². The normalized spacial score (nSPS) is 15.7. The van der Waals surface area contributed by atoms with Gasteiger partial charge in [-0.2, -0.15) is 5.10 Å². The van der Waals surface area contributed by atoms with E-state index < -0.39 is 11.2 Å². The van der Waals surface area contributed by atoms with Gasteiger partial charge < -0.3 is 9.73 Å². The molecule has 4 aromatic rings. The summed E-state index contributed by atoms with van der Waals surface area (Å²) in [5, 5.41) is 7.39. The minimum Gasteiger partial charge on any atom is -0.467 e. The number of carbonyl (C=O) groups is 2. The Morgan fingerprint density at radius 1 is 1.08 bits per heavy atom. The fourth-order valence-corrected chi connectivity index (χ4v) is 5.73. The van der Waals surface area contributed by atoms with Crippen LogP contribution in [-0.4, -0.2) is 33.9 Å². The number of anilines is 1. The lowest BCUT2D eigenvalue weighted by molar-refractivity contribution is -0.123. The lowest BCUT2D eigenvalue weighted by Gasteiger charge is -2.24. The van der Waals surface area contributed by atoms with Crippen LogP contribution >= 0.6 is 11.8 Å². The number of furan rings is 1. The molecule has 2 amide bonds. The molecule has 39 heavy (non-hydrogen) atoms. The minimum absolute atomic E-state index is 0.0924. The Morgan fingerprint density at radius 3 is 2.36 bits per heavy atom. The van der Waals surface area contributed by atoms with Crippen molar-refractivity contribution < 1.29 is 22.8 Å². The highest BCUT2D eigenvalue weighted by Gasteiger charge is 2.40. The van der Waals surface area contributed by atoms with Crippen LogP contribution in [-0.2, 0) is 21.5 Å². The molecule has 0 fully saturated rings. The molecule has 1 unspecified atom stereocenters. The fourth-order valence-electron chi connectivity index (χ4n) is 4.53. The highest BCUT2D eigenvalue weighted by Crippen LogP contribution is 2.48. The van der Waals surface area contributed by atoms with E-state index in [-0.39, 0.29) is 41.7 Å². The van der Waals surface area contributed by atoms with E-state index in [4.69, 9.17) is 9.52 Å². The van der Waals surface area contributed by atoms with Crippen molar-refractivity contribution in [1.82, 2.24) is 15.1 Å². The van der Waals surface area contributed by atoms with Crippen LogP contribution in [0.25, 0.3) is 5.69 Å². The second-order valence-corrected chi connectivity index (χ2v) is 11.4. The molecule has 2 aromatic carbocycles. The molecule has 0 bridgehead atoms. The number of amides is 2. The number of aromatic nitrogens is 2. The summed E-state index contributed by atoms with van der Waals surface area (Å²) in [6, 6.07) is 15.5. The average molecular weight is 551 g/mol. The zero-order valence-electron chi connectivity index (χ0n) is 21.8. The number of benzene rings is 2. The zero-order chi connectivity index (χ0) is 27.7. The van der Waals surface area contributed by atoms with Crippen LogP contribution in [0.2, 0.25) is 0 Å². The first-order chi connectivity index (χ1) is 18.6. The van der Waals surface area contributed by atoms with Gasteiger partial charge in [0.1, 0.15) is 29.8 Å². The van der Waals surface area contributed by atoms with Gasteiger partial charge >= 0.3 is 0 Å². The second-order valence-electron chi connectivity index (χ2n) is 10.3. The van der Waals surface area contributed by atoms with Gasteiger partial charge in [-0.05, 0) is 54.1 Å². The first-order valence-electron chi connectivity index (χ1n) is 12.5. The SMILES string of the molecule is CC(C)(C)c1nn(-c2ccc(F)cc2)c2c1C(c1ccc(F)cc1)SCC(=O)N2CC(=O)NCc1ccco1. The summed E-state index contributed by atoms with van der Waals surface area (Å²) in [5.74, 6) is -0.300. The monoisotopic (exact) mass is 550 g/mol. The summed E-state index contributed by atoms with van der Waals surface area (Å²) in [7, 11) is 0. The third kappa shape index (κ3) is 5.61. The highest BCUT2D eigenvalue weighted by atomic mass is 32.2. The Kier molecular flexibility index (Phi) is 7.31. The van der Waals surface area contributed by atoms with E-state index in [0.29, 0.717) is 17.3 Å². The maximum atomic E-state index is 13.8. The van der Waals surface area contributed by atoms with E-state index in [1.165, 1.54) is 47.2 Å². The van der Waals surface area contributed by atoms with Gasteiger partial charge in [-0.1, -0.05) is 32.9 Å². The molecule has 3 heterocycles.